The Balaban J connectivity index is 1.61. The lowest BCUT2D eigenvalue weighted by molar-refractivity contribution is 0.136. The molecule has 0 bridgehead atoms. The molecule has 0 radical (unpaired) electrons. The van der Waals surface area contributed by atoms with Crippen molar-refractivity contribution in [1.29, 1.82) is 0 Å². The molecule has 2 saturated heterocycles. The van der Waals surface area contributed by atoms with E-state index in [-0.39, 0.29) is 0 Å². The lowest BCUT2D eigenvalue weighted by Crippen LogP contribution is -2.41. The van der Waals surface area contributed by atoms with Crippen LogP contribution in [0.4, 0.5) is 0 Å². The summed E-state index contributed by atoms with van der Waals surface area (Å²) in [5.41, 5.74) is 0.688. The Bertz CT molecular complexity index is 270. The van der Waals surface area contributed by atoms with Crippen molar-refractivity contribution in [3.05, 3.63) is 0 Å². The summed E-state index contributed by atoms with van der Waals surface area (Å²) in [4.78, 5) is 5.58. The van der Waals surface area contributed by atoms with Crippen molar-refractivity contribution in [2.24, 2.45) is 5.41 Å². The van der Waals surface area contributed by atoms with Crippen molar-refractivity contribution in [3.8, 4) is 0 Å². The van der Waals surface area contributed by atoms with Crippen molar-refractivity contribution in [2.75, 3.05) is 32.7 Å². The fourth-order valence-electron chi connectivity index (χ4n) is 4.65. The molecule has 1 atom stereocenters. The van der Waals surface area contributed by atoms with E-state index < -0.39 is 0 Å². The van der Waals surface area contributed by atoms with Gasteiger partial charge in [-0.3, -0.25) is 4.90 Å². The van der Waals surface area contributed by atoms with Gasteiger partial charge in [-0.05, 0) is 63.6 Å². The van der Waals surface area contributed by atoms with Crippen molar-refractivity contribution in [1.82, 2.24) is 9.80 Å². The average molecular weight is 250 g/mol. The van der Waals surface area contributed by atoms with E-state index in [4.69, 9.17) is 0 Å². The van der Waals surface area contributed by atoms with Crippen LogP contribution in [0.1, 0.15) is 58.3 Å². The summed E-state index contributed by atoms with van der Waals surface area (Å²) in [5.74, 6) is 0. The van der Waals surface area contributed by atoms with Gasteiger partial charge in [0, 0.05) is 19.1 Å². The molecule has 2 heterocycles. The highest BCUT2D eigenvalue weighted by Crippen LogP contribution is 2.42. The first-order chi connectivity index (χ1) is 8.81. The van der Waals surface area contributed by atoms with E-state index in [1.54, 1.807) is 0 Å². The van der Waals surface area contributed by atoms with E-state index in [0.717, 1.165) is 6.04 Å². The molecule has 2 nitrogen and oxygen atoms in total. The van der Waals surface area contributed by atoms with Crippen LogP contribution in [-0.4, -0.2) is 48.6 Å². The first-order valence-electron chi connectivity index (χ1n) is 8.28. The molecule has 0 aromatic heterocycles. The van der Waals surface area contributed by atoms with E-state index in [1.165, 1.54) is 84.1 Å². The van der Waals surface area contributed by atoms with Gasteiger partial charge in [-0.2, -0.15) is 0 Å². The van der Waals surface area contributed by atoms with Gasteiger partial charge in [0.25, 0.3) is 0 Å². The van der Waals surface area contributed by atoms with E-state index in [9.17, 15) is 0 Å². The van der Waals surface area contributed by atoms with Crippen LogP contribution in [0.15, 0.2) is 0 Å². The fraction of sp³-hybridized carbons (Fsp3) is 1.00. The number of fused-ring (bicyclic) bond motifs is 1. The molecule has 0 aromatic rings. The first kappa shape index (κ1) is 12.9. The Morgan fingerprint density at radius 3 is 2.56 bits per heavy atom. The van der Waals surface area contributed by atoms with Gasteiger partial charge in [0.05, 0.1) is 0 Å². The van der Waals surface area contributed by atoms with Gasteiger partial charge in [-0.25, -0.2) is 0 Å². The van der Waals surface area contributed by atoms with Gasteiger partial charge >= 0.3 is 0 Å². The van der Waals surface area contributed by atoms with Crippen molar-refractivity contribution < 1.29 is 0 Å². The lowest BCUT2D eigenvalue weighted by Gasteiger charge is -2.35. The van der Waals surface area contributed by atoms with Crippen LogP contribution < -0.4 is 0 Å². The van der Waals surface area contributed by atoms with Crippen molar-refractivity contribution in [2.45, 2.75) is 64.3 Å². The molecule has 1 aliphatic carbocycles. The zero-order valence-electron chi connectivity index (χ0n) is 12.2. The highest BCUT2D eigenvalue weighted by molar-refractivity contribution is 4.90. The Labute approximate surface area is 113 Å². The quantitative estimate of drug-likeness (QED) is 0.759. The predicted octanol–water partition coefficient (Wildman–Crippen LogP) is 3.13. The van der Waals surface area contributed by atoms with Crippen LogP contribution in [0.3, 0.4) is 0 Å². The molecule has 3 aliphatic rings. The van der Waals surface area contributed by atoms with Crippen LogP contribution in [0.2, 0.25) is 0 Å². The van der Waals surface area contributed by atoms with E-state index in [0.29, 0.717) is 5.41 Å². The van der Waals surface area contributed by atoms with Crippen molar-refractivity contribution >= 4 is 0 Å². The molecule has 104 valence electrons. The summed E-state index contributed by atoms with van der Waals surface area (Å²) >= 11 is 0. The minimum absolute atomic E-state index is 0.688. The SMILES string of the molecule is CCC1(CN2CCCN3CCCC3C2)CCCC1. The molecule has 3 fully saturated rings. The normalized spacial score (nSPS) is 33.5. The summed E-state index contributed by atoms with van der Waals surface area (Å²) in [6, 6.07) is 0.891. The third kappa shape index (κ3) is 2.60. The van der Waals surface area contributed by atoms with Crippen LogP contribution in [0.25, 0.3) is 0 Å². The third-order valence-corrected chi connectivity index (χ3v) is 5.86. The number of hydrogen-bond donors (Lipinski definition) is 0. The minimum Gasteiger partial charge on any atom is -0.301 e. The highest BCUT2D eigenvalue weighted by atomic mass is 15.3. The highest BCUT2D eigenvalue weighted by Gasteiger charge is 2.36. The molecule has 1 unspecified atom stereocenters. The van der Waals surface area contributed by atoms with E-state index >= 15 is 0 Å². The molecule has 2 heteroatoms. The molecule has 0 N–H and O–H groups in total. The number of rotatable bonds is 3. The zero-order valence-corrected chi connectivity index (χ0v) is 12.2. The second-order valence-electron chi connectivity index (χ2n) is 6.98. The van der Waals surface area contributed by atoms with Crippen molar-refractivity contribution in [3.63, 3.8) is 0 Å². The third-order valence-electron chi connectivity index (χ3n) is 5.86. The standard InChI is InChI=1S/C16H30N2/c1-2-16(8-3-4-9-16)14-17-10-6-12-18-11-5-7-15(18)13-17/h15H,2-14H2,1H3. The largest absolute Gasteiger partial charge is 0.301 e. The molecule has 2 aliphatic heterocycles. The summed E-state index contributed by atoms with van der Waals surface area (Å²) < 4.78 is 0. The summed E-state index contributed by atoms with van der Waals surface area (Å²) in [6.07, 6.45) is 11.7. The van der Waals surface area contributed by atoms with Crippen LogP contribution in [-0.2, 0) is 0 Å². The first-order valence-corrected chi connectivity index (χ1v) is 8.28. The van der Waals surface area contributed by atoms with Gasteiger partial charge in [0.15, 0.2) is 0 Å². The van der Waals surface area contributed by atoms with Gasteiger partial charge < -0.3 is 4.90 Å². The van der Waals surface area contributed by atoms with E-state index in [2.05, 4.69) is 16.7 Å². The maximum atomic E-state index is 2.82. The second kappa shape index (κ2) is 5.50. The molecular formula is C16H30N2. The number of nitrogens with zero attached hydrogens (tertiary/aromatic N) is 2. The Kier molecular flexibility index (Phi) is 3.95. The Morgan fingerprint density at radius 1 is 1.00 bits per heavy atom. The minimum atomic E-state index is 0.688. The summed E-state index contributed by atoms with van der Waals surface area (Å²) in [5, 5.41) is 0. The zero-order chi connectivity index (χ0) is 12.4. The lowest BCUT2D eigenvalue weighted by atomic mass is 9.82. The fourth-order valence-corrected chi connectivity index (χ4v) is 4.65. The Hall–Kier alpha value is -0.0800. The molecule has 3 rings (SSSR count). The molecule has 18 heavy (non-hydrogen) atoms. The maximum absolute atomic E-state index is 2.82. The smallest absolute Gasteiger partial charge is 0.0223 e. The molecular weight excluding hydrogens is 220 g/mol. The van der Waals surface area contributed by atoms with Crippen LogP contribution in [0.5, 0.6) is 0 Å². The van der Waals surface area contributed by atoms with Gasteiger partial charge in [-0.1, -0.05) is 19.8 Å². The van der Waals surface area contributed by atoms with Gasteiger partial charge in [-0.15, -0.1) is 0 Å². The monoisotopic (exact) mass is 250 g/mol. The Morgan fingerprint density at radius 2 is 1.78 bits per heavy atom. The van der Waals surface area contributed by atoms with Gasteiger partial charge in [0.2, 0.25) is 0 Å². The van der Waals surface area contributed by atoms with Gasteiger partial charge in [0.1, 0.15) is 0 Å². The molecule has 0 spiro atoms. The molecule has 0 amide bonds. The summed E-state index contributed by atoms with van der Waals surface area (Å²) in [7, 11) is 0. The average Bonchev–Trinajstić information content (AvgIpc) is 2.97. The second-order valence-corrected chi connectivity index (χ2v) is 6.98. The summed E-state index contributed by atoms with van der Waals surface area (Å²) in [6.45, 7) is 9.27. The van der Waals surface area contributed by atoms with Crippen LogP contribution >= 0.6 is 0 Å². The van der Waals surface area contributed by atoms with Crippen LogP contribution in [0, 0.1) is 5.41 Å². The predicted molar refractivity (Wildman–Crippen MR) is 76.8 cm³/mol. The molecule has 0 aromatic carbocycles. The number of hydrogen-bond acceptors (Lipinski definition) is 2. The maximum Gasteiger partial charge on any atom is 0.0223 e. The van der Waals surface area contributed by atoms with E-state index in [1.807, 2.05) is 0 Å². The molecule has 1 saturated carbocycles. The topological polar surface area (TPSA) is 6.48 Å².